The molecule has 0 aliphatic carbocycles. The predicted octanol–water partition coefficient (Wildman–Crippen LogP) is 6.94. The van der Waals surface area contributed by atoms with E-state index < -0.39 is 0 Å². The third-order valence-electron chi connectivity index (χ3n) is 5.30. The van der Waals surface area contributed by atoms with Crippen LogP contribution in [0.15, 0.2) is 48.0 Å². The van der Waals surface area contributed by atoms with Gasteiger partial charge in [0, 0.05) is 17.6 Å². The van der Waals surface area contributed by atoms with Gasteiger partial charge in [0.2, 0.25) is 0 Å². The lowest BCUT2D eigenvalue weighted by molar-refractivity contribution is -0.0413. The maximum absolute atomic E-state index is 9.68. The Morgan fingerprint density at radius 2 is 1.94 bits per heavy atom. The average Bonchev–Trinajstić information content (AvgIpc) is 3.53. The second-order valence-corrected chi connectivity index (χ2v) is 9.05. The van der Waals surface area contributed by atoms with Crippen LogP contribution in [0.2, 0.25) is 10.0 Å². The Balaban J connectivity index is 1.54. The zero-order chi connectivity index (χ0) is 22.9. The fraction of sp³-hybridized carbons (Fsp3) is 0.167. The van der Waals surface area contributed by atoms with Gasteiger partial charge in [-0.1, -0.05) is 35.3 Å². The van der Waals surface area contributed by atoms with E-state index in [1.54, 1.807) is 29.7 Å². The zero-order valence-corrected chi connectivity index (χ0v) is 19.7. The first-order chi connectivity index (χ1) is 16.1. The number of aromatic nitrogens is 1. The molecule has 1 aliphatic heterocycles. The van der Waals surface area contributed by atoms with Crippen molar-refractivity contribution in [2.45, 2.75) is 6.29 Å². The van der Waals surface area contributed by atoms with E-state index in [9.17, 15) is 5.26 Å². The van der Waals surface area contributed by atoms with Crippen LogP contribution in [0.4, 0.5) is 11.4 Å². The number of rotatable bonds is 5. The van der Waals surface area contributed by atoms with Crippen molar-refractivity contribution in [2.75, 3.05) is 25.6 Å². The van der Waals surface area contributed by atoms with Crippen molar-refractivity contribution in [1.29, 1.82) is 5.26 Å². The van der Waals surface area contributed by atoms with Crippen molar-refractivity contribution < 1.29 is 14.2 Å². The Bertz CT molecular complexity index is 1390. The molecule has 3 heterocycles. The van der Waals surface area contributed by atoms with Crippen LogP contribution in [-0.4, -0.2) is 25.3 Å². The topological polar surface area (TPSA) is 76.4 Å². The second-order valence-electron chi connectivity index (χ2n) is 7.29. The number of nitrogens with one attached hydrogen (secondary N) is 1. The first-order valence-electron chi connectivity index (χ1n) is 10.0. The molecule has 1 fully saturated rings. The van der Waals surface area contributed by atoms with E-state index in [2.05, 4.69) is 27.8 Å². The number of nitriles is 1. The summed E-state index contributed by atoms with van der Waals surface area (Å²) >= 11 is 14.2. The molecule has 4 aromatic rings. The Morgan fingerprint density at radius 1 is 1.12 bits per heavy atom. The standard InChI is InChI=1S/C24H17Cl2N3O3S/c1-30-21-9-20(17(25)8-18(21)26)29-23-15(10-27)11-28-19-6-13(2-3-16(19)23)14-7-22(33-12-14)24-31-4-5-32-24/h2-3,6-9,11-12,24H,4-5H2,1H3,(H,28,29). The largest absolute Gasteiger partial charge is 0.495 e. The summed E-state index contributed by atoms with van der Waals surface area (Å²) < 4.78 is 16.5. The molecule has 0 radical (unpaired) electrons. The molecule has 0 atom stereocenters. The molecule has 5 rings (SSSR count). The summed E-state index contributed by atoms with van der Waals surface area (Å²) in [7, 11) is 1.53. The summed E-state index contributed by atoms with van der Waals surface area (Å²) in [5.74, 6) is 0.478. The van der Waals surface area contributed by atoms with Crippen LogP contribution in [0.1, 0.15) is 16.7 Å². The Kier molecular flexibility index (Phi) is 6.11. The normalized spacial score (nSPS) is 13.9. The van der Waals surface area contributed by atoms with Gasteiger partial charge in [-0.25, -0.2) is 0 Å². The van der Waals surface area contributed by atoms with E-state index in [-0.39, 0.29) is 6.29 Å². The predicted molar refractivity (Wildman–Crippen MR) is 131 cm³/mol. The smallest absolute Gasteiger partial charge is 0.193 e. The number of pyridine rings is 1. The summed E-state index contributed by atoms with van der Waals surface area (Å²) in [6, 6.07) is 13.5. The van der Waals surface area contributed by atoms with Gasteiger partial charge in [-0.15, -0.1) is 11.3 Å². The van der Waals surface area contributed by atoms with Gasteiger partial charge in [0.15, 0.2) is 6.29 Å². The van der Waals surface area contributed by atoms with Gasteiger partial charge in [-0.2, -0.15) is 5.26 Å². The van der Waals surface area contributed by atoms with Crippen molar-refractivity contribution in [3.05, 3.63) is 68.5 Å². The number of methoxy groups -OCH3 is 1. The molecule has 0 spiro atoms. The summed E-state index contributed by atoms with van der Waals surface area (Å²) in [5, 5.41) is 16.6. The van der Waals surface area contributed by atoms with Gasteiger partial charge >= 0.3 is 0 Å². The number of nitrogens with zero attached hydrogens (tertiary/aromatic N) is 2. The molecule has 0 bridgehead atoms. The number of thiophene rings is 1. The first kappa shape index (κ1) is 22.0. The van der Waals surface area contributed by atoms with E-state index in [0.717, 1.165) is 26.9 Å². The number of anilines is 2. The van der Waals surface area contributed by atoms with Crippen LogP contribution in [0.5, 0.6) is 5.75 Å². The lowest BCUT2D eigenvalue weighted by atomic mass is 10.0. The summed E-state index contributed by atoms with van der Waals surface area (Å²) in [5.41, 5.74) is 4.39. The highest BCUT2D eigenvalue weighted by Crippen LogP contribution is 2.39. The van der Waals surface area contributed by atoms with Gasteiger partial charge in [-0.05, 0) is 34.7 Å². The number of hydrogen-bond donors (Lipinski definition) is 1. The lowest BCUT2D eigenvalue weighted by Crippen LogP contribution is -1.98. The Labute approximate surface area is 204 Å². The van der Waals surface area contributed by atoms with E-state index in [1.165, 1.54) is 7.11 Å². The molecule has 0 saturated carbocycles. The van der Waals surface area contributed by atoms with Crippen LogP contribution in [0, 0.1) is 11.3 Å². The fourth-order valence-electron chi connectivity index (χ4n) is 3.66. The van der Waals surface area contributed by atoms with Gasteiger partial charge in [0.05, 0.1) is 57.7 Å². The van der Waals surface area contributed by atoms with Crippen molar-refractivity contribution in [1.82, 2.24) is 4.98 Å². The average molecular weight is 498 g/mol. The maximum Gasteiger partial charge on any atom is 0.193 e. The number of fused-ring (bicyclic) bond motifs is 1. The number of ether oxygens (including phenoxy) is 3. The van der Waals surface area contributed by atoms with Gasteiger partial charge in [-0.3, -0.25) is 4.98 Å². The van der Waals surface area contributed by atoms with E-state index >= 15 is 0 Å². The highest BCUT2D eigenvalue weighted by Gasteiger charge is 2.21. The van der Waals surface area contributed by atoms with Gasteiger partial charge in [0.25, 0.3) is 0 Å². The molecular formula is C24H17Cl2N3O3S. The summed E-state index contributed by atoms with van der Waals surface area (Å²) in [4.78, 5) is 5.54. The quantitative estimate of drug-likeness (QED) is 0.321. The molecule has 33 heavy (non-hydrogen) atoms. The van der Waals surface area contributed by atoms with Gasteiger partial charge in [0.1, 0.15) is 11.8 Å². The maximum atomic E-state index is 9.68. The molecule has 0 amide bonds. The Hall–Kier alpha value is -2.86. The molecule has 1 saturated heterocycles. The molecular weight excluding hydrogens is 481 g/mol. The fourth-order valence-corrected chi connectivity index (χ4v) is 5.08. The molecule has 0 unspecified atom stereocenters. The van der Waals surface area contributed by atoms with Crippen molar-refractivity contribution >= 4 is 56.8 Å². The van der Waals surface area contributed by atoms with Gasteiger partial charge < -0.3 is 19.5 Å². The highest BCUT2D eigenvalue weighted by atomic mass is 35.5. The molecule has 9 heteroatoms. The summed E-state index contributed by atoms with van der Waals surface area (Å²) in [6.07, 6.45) is 1.26. The highest BCUT2D eigenvalue weighted by molar-refractivity contribution is 7.10. The number of halogens is 2. The van der Waals surface area contributed by atoms with E-state index in [1.807, 2.05) is 18.2 Å². The first-order valence-corrected chi connectivity index (χ1v) is 11.7. The third-order valence-corrected chi connectivity index (χ3v) is 6.86. The number of benzene rings is 2. The van der Waals surface area contributed by atoms with Crippen molar-refractivity contribution in [3.8, 4) is 22.9 Å². The van der Waals surface area contributed by atoms with Crippen molar-refractivity contribution in [2.24, 2.45) is 0 Å². The molecule has 6 nitrogen and oxygen atoms in total. The minimum atomic E-state index is -0.294. The van der Waals surface area contributed by atoms with E-state index in [4.69, 9.17) is 37.4 Å². The monoisotopic (exact) mass is 497 g/mol. The Morgan fingerprint density at radius 3 is 2.70 bits per heavy atom. The minimum Gasteiger partial charge on any atom is -0.495 e. The second kappa shape index (κ2) is 9.18. The minimum absolute atomic E-state index is 0.294. The van der Waals surface area contributed by atoms with Crippen molar-refractivity contribution in [3.63, 3.8) is 0 Å². The third kappa shape index (κ3) is 4.24. The molecule has 1 aliphatic rings. The number of hydrogen-bond acceptors (Lipinski definition) is 7. The lowest BCUT2D eigenvalue weighted by Gasteiger charge is -2.15. The molecule has 166 valence electrons. The van der Waals surface area contributed by atoms with E-state index in [0.29, 0.717) is 45.9 Å². The van der Waals surface area contributed by atoms with Crippen LogP contribution in [0.25, 0.3) is 22.0 Å². The molecule has 2 aromatic carbocycles. The van der Waals surface area contributed by atoms with Crippen LogP contribution >= 0.6 is 34.5 Å². The van der Waals surface area contributed by atoms with Crippen LogP contribution in [0.3, 0.4) is 0 Å². The van der Waals surface area contributed by atoms with Crippen LogP contribution < -0.4 is 10.1 Å². The van der Waals surface area contributed by atoms with Crippen LogP contribution in [-0.2, 0) is 9.47 Å². The SMILES string of the molecule is COc1cc(Nc2c(C#N)cnc3cc(-c4csc(C5OCCO5)c4)ccc23)c(Cl)cc1Cl. The molecule has 1 N–H and O–H groups in total. The summed E-state index contributed by atoms with van der Waals surface area (Å²) in [6.45, 7) is 1.22. The molecule has 2 aromatic heterocycles. The zero-order valence-electron chi connectivity index (χ0n) is 17.4.